The lowest BCUT2D eigenvalue weighted by Gasteiger charge is -2.16. The lowest BCUT2D eigenvalue weighted by Crippen LogP contribution is -2.17. The molecule has 3 N–H and O–H groups in total. The number of nitrogens with one attached hydrogen (secondary N) is 1. The molecular weight excluding hydrogens is 372 g/mol. The summed E-state index contributed by atoms with van der Waals surface area (Å²) in [5, 5.41) is 8.31. The van der Waals surface area contributed by atoms with E-state index in [2.05, 4.69) is 5.32 Å². The predicted octanol–water partition coefficient (Wildman–Crippen LogP) is 3.19. The van der Waals surface area contributed by atoms with Crippen LogP contribution in [0.4, 0.5) is 0 Å². The number of carbonyl (C=O) groups is 1. The molecule has 0 heterocycles. The van der Waals surface area contributed by atoms with Crippen LogP contribution in [0.1, 0.15) is 30.4 Å². The van der Waals surface area contributed by atoms with Crippen molar-refractivity contribution in [3.05, 3.63) is 83.1 Å². The maximum absolute atomic E-state index is 12.7. The van der Waals surface area contributed by atoms with Crippen LogP contribution >= 0.6 is 0 Å². The van der Waals surface area contributed by atoms with E-state index < -0.39 is 10.0 Å². The molecule has 1 fully saturated rings. The van der Waals surface area contributed by atoms with Gasteiger partial charge in [0.1, 0.15) is 0 Å². The van der Waals surface area contributed by atoms with Crippen LogP contribution in [0.3, 0.4) is 0 Å². The topological polar surface area (TPSA) is 89.3 Å². The number of Topliss-reactive ketones (excluding diaryl/α,β-unsaturated/α-hetero) is 1. The molecule has 5 nitrogen and oxygen atoms in total. The van der Waals surface area contributed by atoms with Gasteiger partial charge in [-0.05, 0) is 55.0 Å². The summed E-state index contributed by atoms with van der Waals surface area (Å²) in [6, 6.07) is 16.4. The molecule has 0 atom stereocenters. The van der Waals surface area contributed by atoms with Gasteiger partial charge in [-0.3, -0.25) is 4.79 Å². The minimum Gasteiger partial charge on any atom is -0.390 e. The summed E-state index contributed by atoms with van der Waals surface area (Å²) in [7, 11) is -3.66. The Morgan fingerprint density at radius 3 is 2.32 bits per heavy atom. The predicted molar refractivity (Wildman–Crippen MR) is 111 cm³/mol. The Hall–Kier alpha value is -2.70. The molecule has 2 aromatic rings. The molecule has 0 spiro atoms. The summed E-state index contributed by atoms with van der Waals surface area (Å²) in [6.07, 6.45) is 7.06. The molecule has 28 heavy (non-hydrogen) atoms. The van der Waals surface area contributed by atoms with Gasteiger partial charge in [0, 0.05) is 23.9 Å². The van der Waals surface area contributed by atoms with E-state index in [0.29, 0.717) is 6.54 Å². The van der Waals surface area contributed by atoms with Crippen molar-refractivity contribution in [1.29, 1.82) is 0 Å². The number of allylic oxidation sites excluding steroid dienone is 2. The van der Waals surface area contributed by atoms with Crippen LogP contribution in [0.15, 0.2) is 76.8 Å². The van der Waals surface area contributed by atoms with Gasteiger partial charge in [0.25, 0.3) is 0 Å². The van der Waals surface area contributed by atoms with Crippen LogP contribution in [0.25, 0.3) is 6.08 Å². The van der Waals surface area contributed by atoms with Crippen molar-refractivity contribution in [2.45, 2.75) is 30.6 Å². The fraction of sp³-hybridized carbons (Fsp3) is 0.227. The SMILES string of the molecule is NS(=O)(=O)c1ccc(CCNC=C2CCC/C(=C\c3ccccc3)C2=O)cc1. The number of rotatable bonds is 6. The van der Waals surface area contributed by atoms with Crippen LogP contribution in [0.5, 0.6) is 0 Å². The van der Waals surface area contributed by atoms with Crippen LogP contribution in [0.2, 0.25) is 0 Å². The third kappa shape index (κ3) is 5.41. The van der Waals surface area contributed by atoms with Crippen molar-refractivity contribution >= 4 is 21.9 Å². The summed E-state index contributed by atoms with van der Waals surface area (Å²) in [6.45, 7) is 0.656. The number of ketones is 1. The Kier molecular flexibility index (Phi) is 6.44. The van der Waals surface area contributed by atoms with E-state index in [1.807, 2.05) is 42.6 Å². The summed E-state index contributed by atoms with van der Waals surface area (Å²) < 4.78 is 22.5. The van der Waals surface area contributed by atoms with E-state index in [9.17, 15) is 13.2 Å². The second-order valence-electron chi connectivity index (χ2n) is 6.83. The number of hydrogen-bond donors (Lipinski definition) is 2. The fourth-order valence-corrected chi connectivity index (χ4v) is 3.70. The average molecular weight is 397 g/mol. The first kappa shape index (κ1) is 20.0. The molecule has 3 rings (SSSR count). The van der Waals surface area contributed by atoms with Crippen molar-refractivity contribution < 1.29 is 13.2 Å². The smallest absolute Gasteiger partial charge is 0.238 e. The van der Waals surface area contributed by atoms with Gasteiger partial charge in [-0.2, -0.15) is 0 Å². The maximum atomic E-state index is 12.7. The lowest BCUT2D eigenvalue weighted by atomic mass is 9.88. The maximum Gasteiger partial charge on any atom is 0.238 e. The zero-order chi connectivity index (χ0) is 20.0. The van der Waals surface area contributed by atoms with Gasteiger partial charge in [0.2, 0.25) is 10.0 Å². The quantitative estimate of drug-likeness (QED) is 0.580. The molecule has 0 bridgehead atoms. The normalized spacial score (nSPS) is 17.8. The summed E-state index contributed by atoms with van der Waals surface area (Å²) in [5.74, 6) is 0.111. The van der Waals surface area contributed by atoms with Crippen LogP contribution < -0.4 is 10.5 Å². The van der Waals surface area contributed by atoms with Crippen LogP contribution in [-0.4, -0.2) is 20.7 Å². The number of carbonyl (C=O) groups excluding carboxylic acids is 1. The van der Waals surface area contributed by atoms with E-state index in [4.69, 9.17) is 5.14 Å². The summed E-state index contributed by atoms with van der Waals surface area (Å²) in [4.78, 5) is 12.8. The van der Waals surface area contributed by atoms with Crippen molar-refractivity contribution in [1.82, 2.24) is 5.32 Å². The second-order valence-corrected chi connectivity index (χ2v) is 8.39. The van der Waals surface area contributed by atoms with Gasteiger partial charge in [0.15, 0.2) is 5.78 Å². The molecule has 1 saturated carbocycles. The first-order chi connectivity index (χ1) is 13.4. The van der Waals surface area contributed by atoms with Gasteiger partial charge in [-0.25, -0.2) is 13.6 Å². The van der Waals surface area contributed by atoms with Gasteiger partial charge < -0.3 is 5.32 Å². The fourth-order valence-electron chi connectivity index (χ4n) is 3.19. The zero-order valence-electron chi connectivity index (χ0n) is 15.6. The highest BCUT2D eigenvalue weighted by molar-refractivity contribution is 7.89. The third-order valence-corrected chi connectivity index (χ3v) is 5.63. The molecule has 1 aliphatic carbocycles. The van der Waals surface area contributed by atoms with Crippen molar-refractivity contribution in [2.75, 3.05) is 6.54 Å². The molecule has 0 unspecified atom stereocenters. The summed E-state index contributed by atoms with van der Waals surface area (Å²) in [5.41, 5.74) is 3.70. The molecule has 0 amide bonds. The highest BCUT2D eigenvalue weighted by atomic mass is 32.2. The van der Waals surface area contributed by atoms with E-state index in [-0.39, 0.29) is 10.7 Å². The third-order valence-electron chi connectivity index (χ3n) is 4.70. The highest BCUT2D eigenvalue weighted by Crippen LogP contribution is 2.26. The Morgan fingerprint density at radius 2 is 1.64 bits per heavy atom. The zero-order valence-corrected chi connectivity index (χ0v) is 16.4. The molecule has 1 aliphatic rings. The molecule has 0 aromatic heterocycles. The first-order valence-electron chi connectivity index (χ1n) is 9.28. The molecule has 0 aliphatic heterocycles. The molecular formula is C22H24N2O3S. The first-order valence-corrected chi connectivity index (χ1v) is 10.8. The second kappa shape index (κ2) is 8.99. The summed E-state index contributed by atoms with van der Waals surface area (Å²) >= 11 is 0. The molecule has 0 radical (unpaired) electrons. The van der Waals surface area contributed by atoms with Crippen molar-refractivity contribution in [3.8, 4) is 0 Å². The monoisotopic (exact) mass is 396 g/mol. The minimum atomic E-state index is -3.66. The number of hydrogen-bond acceptors (Lipinski definition) is 4. The van der Waals surface area contributed by atoms with E-state index >= 15 is 0 Å². The van der Waals surface area contributed by atoms with Crippen molar-refractivity contribution in [3.63, 3.8) is 0 Å². The van der Waals surface area contributed by atoms with E-state index in [0.717, 1.165) is 48.0 Å². The van der Waals surface area contributed by atoms with Gasteiger partial charge in [0.05, 0.1) is 4.90 Å². The number of benzene rings is 2. The molecule has 146 valence electrons. The van der Waals surface area contributed by atoms with E-state index in [1.54, 1.807) is 12.1 Å². The van der Waals surface area contributed by atoms with Gasteiger partial charge in [-0.1, -0.05) is 42.5 Å². The lowest BCUT2D eigenvalue weighted by molar-refractivity contribution is -0.112. The minimum absolute atomic E-state index is 0.108. The largest absolute Gasteiger partial charge is 0.390 e. The van der Waals surface area contributed by atoms with Crippen molar-refractivity contribution in [2.24, 2.45) is 5.14 Å². The van der Waals surface area contributed by atoms with Gasteiger partial charge in [-0.15, -0.1) is 0 Å². The Bertz CT molecular complexity index is 992. The Balaban J connectivity index is 1.57. The molecule has 2 aromatic carbocycles. The Morgan fingerprint density at radius 1 is 0.964 bits per heavy atom. The highest BCUT2D eigenvalue weighted by Gasteiger charge is 2.20. The standard InChI is InChI=1S/C22H24N2O3S/c23-28(26,27)21-11-9-17(10-12-21)13-14-24-16-20-8-4-7-19(22(20)25)15-18-5-2-1-3-6-18/h1-3,5-6,9-12,15-16,24H,4,7-8,13-14H2,(H2,23,26,27)/b19-15+,20-16?. The number of primary sulfonamides is 1. The number of sulfonamides is 1. The molecule has 0 saturated heterocycles. The van der Waals surface area contributed by atoms with Gasteiger partial charge >= 0.3 is 0 Å². The van der Waals surface area contributed by atoms with Crippen LogP contribution in [-0.2, 0) is 21.2 Å². The van der Waals surface area contributed by atoms with E-state index in [1.165, 1.54) is 12.1 Å². The molecule has 6 heteroatoms. The number of nitrogens with two attached hydrogens (primary N) is 1. The van der Waals surface area contributed by atoms with Crippen LogP contribution in [0, 0.1) is 0 Å². The average Bonchev–Trinajstić information content (AvgIpc) is 2.68. The Labute approximate surface area is 166 Å².